The molecular weight excluding hydrogens is 440 g/mol. The smallest absolute Gasteiger partial charge is 0.264 e. The average molecular weight is 461 g/mol. The number of carbonyl (C=O) groups is 1. The summed E-state index contributed by atoms with van der Waals surface area (Å²) in [6.07, 6.45) is 1.84. The average Bonchev–Trinajstić information content (AvgIpc) is 2.98. The van der Waals surface area contributed by atoms with Crippen molar-refractivity contribution in [1.29, 1.82) is 0 Å². The molecular formula is C21H21BrN2O3S. The molecule has 1 amide bonds. The molecule has 0 bridgehead atoms. The summed E-state index contributed by atoms with van der Waals surface area (Å²) in [5, 5.41) is 3.36. The van der Waals surface area contributed by atoms with Crippen molar-refractivity contribution in [2.24, 2.45) is 4.99 Å². The quantitative estimate of drug-likeness (QED) is 0.575. The number of thioether (sulfide) groups is 1. The van der Waals surface area contributed by atoms with Gasteiger partial charge in [0.05, 0.1) is 27.8 Å². The van der Waals surface area contributed by atoms with Gasteiger partial charge < -0.3 is 14.8 Å². The number of para-hydroxylation sites is 1. The Balaban J connectivity index is 1.88. The molecule has 2 aromatic rings. The van der Waals surface area contributed by atoms with Crippen LogP contribution in [0.2, 0.25) is 0 Å². The van der Waals surface area contributed by atoms with Gasteiger partial charge in [0.1, 0.15) is 0 Å². The topological polar surface area (TPSA) is 59.9 Å². The number of hydrogen-bond donors (Lipinski definition) is 1. The van der Waals surface area contributed by atoms with E-state index in [0.29, 0.717) is 28.2 Å². The predicted molar refractivity (Wildman–Crippen MR) is 118 cm³/mol. The maximum absolute atomic E-state index is 12.3. The van der Waals surface area contributed by atoms with Crippen molar-refractivity contribution in [2.45, 2.75) is 26.9 Å². The normalized spacial score (nSPS) is 16.7. The van der Waals surface area contributed by atoms with E-state index in [-0.39, 0.29) is 12.0 Å². The van der Waals surface area contributed by atoms with E-state index in [1.54, 1.807) is 0 Å². The molecule has 5 nitrogen and oxygen atoms in total. The van der Waals surface area contributed by atoms with Crippen LogP contribution in [0, 0.1) is 0 Å². The largest absolute Gasteiger partial charge is 0.490 e. The van der Waals surface area contributed by atoms with Gasteiger partial charge in [-0.15, -0.1) is 0 Å². The summed E-state index contributed by atoms with van der Waals surface area (Å²) in [7, 11) is 0. The highest BCUT2D eigenvalue weighted by molar-refractivity contribution is 9.10. The van der Waals surface area contributed by atoms with Crippen LogP contribution in [0.5, 0.6) is 11.5 Å². The number of amides is 1. The molecule has 0 radical (unpaired) electrons. The third-order valence-electron chi connectivity index (χ3n) is 3.62. The first-order valence-corrected chi connectivity index (χ1v) is 10.5. The molecule has 28 heavy (non-hydrogen) atoms. The maximum Gasteiger partial charge on any atom is 0.264 e. The second-order valence-electron chi connectivity index (χ2n) is 6.25. The molecule has 1 N–H and O–H groups in total. The minimum Gasteiger partial charge on any atom is -0.490 e. The number of ether oxygens (including phenoxy) is 2. The van der Waals surface area contributed by atoms with Crippen molar-refractivity contribution >= 4 is 50.5 Å². The number of aliphatic imine (C=N–C) groups is 1. The summed E-state index contributed by atoms with van der Waals surface area (Å²) in [4.78, 5) is 17.4. The minimum atomic E-state index is -0.170. The van der Waals surface area contributed by atoms with Crippen molar-refractivity contribution in [3.05, 3.63) is 57.4 Å². The van der Waals surface area contributed by atoms with Crippen molar-refractivity contribution in [2.75, 3.05) is 6.61 Å². The van der Waals surface area contributed by atoms with Crippen molar-refractivity contribution < 1.29 is 14.3 Å². The van der Waals surface area contributed by atoms with Crippen LogP contribution < -0.4 is 14.8 Å². The number of benzene rings is 2. The van der Waals surface area contributed by atoms with Crippen LogP contribution in [0.1, 0.15) is 26.3 Å². The maximum atomic E-state index is 12.3. The highest BCUT2D eigenvalue weighted by Crippen LogP contribution is 2.39. The number of amidine groups is 1. The third-order valence-corrected chi connectivity index (χ3v) is 5.12. The fourth-order valence-electron chi connectivity index (χ4n) is 2.54. The van der Waals surface area contributed by atoms with Crippen LogP contribution >= 0.6 is 27.7 Å². The molecule has 2 aromatic carbocycles. The summed E-state index contributed by atoms with van der Waals surface area (Å²) in [5.41, 5.74) is 1.63. The molecule has 0 aromatic heterocycles. The molecule has 0 saturated carbocycles. The highest BCUT2D eigenvalue weighted by atomic mass is 79.9. The zero-order chi connectivity index (χ0) is 20.1. The van der Waals surface area contributed by atoms with Crippen molar-refractivity contribution in [3.63, 3.8) is 0 Å². The van der Waals surface area contributed by atoms with Gasteiger partial charge >= 0.3 is 0 Å². The Bertz CT molecular complexity index is 927. The van der Waals surface area contributed by atoms with E-state index < -0.39 is 0 Å². The van der Waals surface area contributed by atoms with Crippen molar-refractivity contribution in [1.82, 2.24) is 5.32 Å². The van der Waals surface area contributed by atoms with E-state index in [2.05, 4.69) is 26.2 Å². The van der Waals surface area contributed by atoms with E-state index in [1.807, 2.05) is 69.3 Å². The Morgan fingerprint density at radius 3 is 2.68 bits per heavy atom. The molecule has 1 saturated heterocycles. The number of nitrogens with zero attached hydrogens (tertiary/aromatic N) is 1. The first-order chi connectivity index (χ1) is 13.5. The fraction of sp³-hybridized carbons (Fsp3) is 0.238. The van der Waals surface area contributed by atoms with Gasteiger partial charge in [0, 0.05) is 0 Å². The molecule has 1 aliphatic heterocycles. The lowest BCUT2D eigenvalue weighted by molar-refractivity contribution is -0.115. The van der Waals surface area contributed by atoms with Gasteiger partial charge in [-0.2, -0.15) is 0 Å². The number of halogens is 1. The van der Waals surface area contributed by atoms with Crippen molar-refractivity contribution in [3.8, 4) is 11.5 Å². The predicted octanol–water partition coefficient (Wildman–Crippen LogP) is 5.53. The monoisotopic (exact) mass is 460 g/mol. The van der Waals surface area contributed by atoms with E-state index in [0.717, 1.165) is 15.7 Å². The van der Waals surface area contributed by atoms with Gasteiger partial charge in [-0.25, -0.2) is 4.99 Å². The van der Waals surface area contributed by atoms with E-state index >= 15 is 0 Å². The summed E-state index contributed by atoms with van der Waals surface area (Å²) < 4.78 is 12.4. The molecule has 1 fully saturated rings. The number of nitrogens with one attached hydrogen (secondary N) is 1. The SMILES string of the molecule is CCOc1cc(/C=C2\SC(=Nc3ccccc3)NC2=O)cc(Br)c1OC(C)C. The molecule has 0 aliphatic carbocycles. The molecule has 0 spiro atoms. The Kier molecular flexibility index (Phi) is 6.80. The third kappa shape index (κ3) is 5.17. The molecule has 1 aliphatic rings. The van der Waals surface area contributed by atoms with Gasteiger partial charge in [0.25, 0.3) is 5.91 Å². The standard InChI is InChI=1S/C21H21BrN2O3S/c1-4-26-17-11-14(10-16(22)19(17)27-13(2)3)12-18-20(25)24-21(28-18)23-15-8-6-5-7-9-15/h5-13H,4H2,1-3H3,(H,23,24,25)/b18-12-. The van der Waals surface area contributed by atoms with Gasteiger partial charge in [0.15, 0.2) is 16.7 Å². The fourth-order valence-corrected chi connectivity index (χ4v) is 3.93. The molecule has 1 heterocycles. The zero-order valence-electron chi connectivity index (χ0n) is 15.9. The van der Waals surface area contributed by atoms with Crippen LogP contribution in [0.15, 0.2) is 56.8 Å². The van der Waals surface area contributed by atoms with Crippen LogP contribution in [0.25, 0.3) is 6.08 Å². The lowest BCUT2D eigenvalue weighted by atomic mass is 10.2. The van der Waals surface area contributed by atoms with Gasteiger partial charge in [0.2, 0.25) is 0 Å². The minimum absolute atomic E-state index is 0.0210. The molecule has 7 heteroatoms. The summed E-state index contributed by atoms with van der Waals surface area (Å²) in [6, 6.07) is 13.3. The van der Waals surface area contributed by atoms with Crippen LogP contribution in [0.4, 0.5) is 5.69 Å². The lowest BCUT2D eigenvalue weighted by Crippen LogP contribution is -2.19. The summed E-state index contributed by atoms with van der Waals surface area (Å²) in [6.45, 7) is 6.37. The second kappa shape index (κ2) is 9.30. The van der Waals surface area contributed by atoms with E-state index in [1.165, 1.54) is 11.8 Å². The highest BCUT2D eigenvalue weighted by Gasteiger charge is 2.24. The van der Waals surface area contributed by atoms with Crippen LogP contribution in [-0.4, -0.2) is 23.8 Å². The van der Waals surface area contributed by atoms with Gasteiger partial charge in [-0.3, -0.25) is 4.79 Å². The number of carbonyl (C=O) groups excluding carboxylic acids is 1. The number of rotatable bonds is 6. The molecule has 3 rings (SSSR count). The Labute approximate surface area is 177 Å². The zero-order valence-corrected chi connectivity index (χ0v) is 18.3. The molecule has 0 atom stereocenters. The first kappa shape index (κ1) is 20.5. The van der Waals surface area contributed by atoms with E-state index in [9.17, 15) is 4.79 Å². The summed E-state index contributed by atoms with van der Waals surface area (Å²) >= 11 is 4.86. The van der Waals surface area contributed by atoms with Gasteiger partial charge in [-0.1, -0.05) is 18.2 Å². The lowest BCUT2D eigenvalue weighted by Gasteiger charge is -2.17. The van der Waals surface area contributed by atoms with Gasteiger partial charge in [-0.05, 0) is 84.4 Å². The Hall–Kier alpha value is -2.25. The number of hydrogen-bond acceptors (Lipinski definition) is 5. The first-order valence-electron chi connectivity index (χ1n) is 8.94. The molecule has 0 unspecified atom stereocenters. The molecule has 146 valence electrons. The Morgan fingerprint density at radius 2 is 2.00 bits per heavy atom. The van der Waals surface area contributed by atoms with Crippen LogP contribution in [0.3, 0.4) is 0 Å². The van der Waals surface area contributed by atoms with Crippen LogP contribution in [-0.2, 0) is 4.79 Å². The van der Waals surface area contributed by atoms with E-state index in [4.69, 9.17) is 9.47 Å². The second-order valence-corrected chi connectivity index (χ2v) is 8.13. The summed E-state index contributed by atoms with van der Waals surface area (Å²) in [5.74, 6) is 1.13. The Morgan fingerprint density at radius 1 is 1.25 bits per heavy atom.